The van der Waals surface area contributed by atoms with Crippen molar-refractivity contribution in [2.45, 2.75) is 12.5 Å². The van der Waals surface area contributed by atoms with E-state index in [-0.39, 0.29) is 0 Å². The van der Waals surface area contributed by atoms with E-state index in [1.807, 2.05) is 12.1 Å². The third-order valence-corrected chi connectivity index (χ3v) is 2.67. The van der Waals surface area contributed by atoms with E-state index < -0.39 is 18.0 Å². The lowest BCUT2D eigenvalue weighted by Crippen LogP contribution is -2.21. The molecule has 19 heavy (non-hydrogen) atoms. The fourth-order valence-electron chi connectivity index (χ4n) is 1.64. The summed E-state index contributed by atoms with van der Waals surface area (Å²) in [5.74, 6) is -0.292. The Morgan fingerprint density at radius 3 is 2.68 bits per heavy atom. The van der Waals surface area contributed by atoms with Crippen LogP contribution >= 0.6 is 0 Å². The van der Waals surface area contributed by atoms with Gasteiger partial charge in [-0.2, -0.15) is 0 Å². The summed E-state index contributed by atoms with van der Waals surface area (Å²) in [6.45, 7) is 0.305. The number of hydrogen-bond donors (Lipinski definition) is 0. The first-order chi connectivity index (χ1) is 9.19. The van der Waals surface area contributed by atoms with Gasteiger partial charge in [0.25, 0.3) is 0 Å². The fourth-order valence-corrected chi connectivity index (χ4v) is 1.64. The summed E-state index contributed by atoms with van der Waals surface area (Å²) in [7, 11) is 1.59. The molecule has 0 aromatic heterocycles. The first kappa shape index (κ1) is 13.1. The second-order valence-electron chi connectivity index (χ2n) is 3.99. The van der Waals surface area contributed by atoms with Crippen molar-refractivity contribution in [3.8, 4) is 5.75 Å². The van der Waals surface area contributed by atoms with E-state index in [0.29, 0.717) is 13.0 Å². The molecule has 2 rings (SSSR count). The van der Waals surface area contributed by atoms with E-state index in [1.54, 1.807) is 25.3 Å². The van der Waals surface area contributed by atoms with Crippen LogP contribution < -0.4 is 4.74 Å². The highest BCUT2D eigenvalue weighted by Gasteiger charge is 2.29. The van der Waals surface area contributed by atoms with Gasteiger partial charge in [-0.15, -0.1) is 0 Å². The number of rotatable bonds is 4. The number of esters is 2. The first-order valence-electron chi connectivity index (χ1n) is 5.88. The van der Waals surface area contributed by atoms with E-state index in [1.165, 1.54) is 6.08 Å². The zero-order valence-electron chi connectivity index (χ0n) is 10.5. The van der Waals surface area contributed by atoms with Crippen LogP contribution in [-0.4, -0.2) is 31.8 Å². The van der Waals surface area contributed by atoms with Crippen LogP contribution in [-0.2, 0) is 19.1 Å². The van der Waals surface area contributed by atoms with Crippen LogP contribution in [0, 0.1) is 0 Å². The van der Waals surface area contributed by atoms with Gasteiger partial charge in [0.2, 0.25) is 6.10 Å². The van der Waals surface area contributed by atoms with Crippen LogP contribution in [0.15, 0.2) is 30.3 Å². The summed E-state index contributed by atoms with van der Waals surface area (Å²) in [5.41, 5.74) is 0.840. The van der Waals surface area contributed by atoms with Crippen LogP contribution in [0.3, 0.4) is 0 Å². The lowest BCUT2D eigenvalue weighted by Gasteiger charge is -2.05. The van der Waals surface area contributed by atoms with Crippen molar-refractivity contribution in [2.24, 2.45) is 0 Å². The molecule has 1 atom stereocenters. The van der Waals surface area contributed by atoms with E-state index in [2.05, 4.69) is 0 Å². The molecule has 1 unspecified atom stereocenters. The quantitative estimate of drug-likeness (QED) is 0.608. The summed E-state index contributed by atoms with van der Waals surface area (Å²) in [5, 5.41) is 0. The predicted molar refractivity (Wildman–Crippen MR) is 67.5 cm³/mol. The summed E-state index contributed by atoms with van der Waals surface area (Å²) in [6, 6.07) is 7.21. The monoisotopic (exact) mass is 262 g/mol. The molecule has 1 fully saturated rings. The number of cyclic esters (lactones) is 1. The molecule has 1 aliphatic heterocycles. The molecule has 0 aliphatic carbocycles. The maximum atomic E-state index is 11.5. The SMILES string of the molecule is COc1ccc(C=CC(=O)OC2CCOC2=O)cc1. The zero-order valence-corrected chi connectivity index (χ0v) is 10.5. The van der Waals surface area contributed by atoms with Crippen molar-refractivity contribution in [3.05, 3.63) is 35.9 Å². The Morgan fingerprint density at radius 2 is 2.11 bits per heavy atom. The molecule has 0 radical (unpaired) electrons. The highest BCUT2D eigenvalue weighted by Crippen LogP contribution is 2.13. The number of hydrogen-bond acceptors (Lipinski definition) is 5. The summed E-state index contributed by atoms with van der Waals surface area (Å²) < 4.78 is 14.7. The van der Waals surface area contributed by atoms with Gasteiger partial charge >= 0.3 is 11.9 Å². The minimum absolute atomic E-state index is 0.305. The van der Waals surface area contributed by atoms with Crippen LogP contribution in [0.5, 0.6) is 5.75 Å². The molecule has 0 spiro atoms. The lowest BCUT2D eigenvalue weighted by atomic mass is 10.2. The smallest absolute Gasteiger partial charge is 0.347 e. The molecule has 1 aliphatic rings. The average Bonchev–Trinajstić information content (AvgIpc) is 2.82. The number of benzene rings is 1. The standard InChI is InChI=1S/C14H14O5/c1-17-11-5-2-10(3-6-11)4-7-13(15)19-12-8-9-18-14(12)16/h2-7,12H,8-9H2,1H3. The average molecular weight is 262 g/mol. The minimum Gasteiger partial charge on any atom is -0.497 e. The molecule has 1 aromatic carbocycles. The van der Waals surface area contributed by atoms with Gasteiger partial charge in [-0.3, -0.25) is 0 Å². The molecule has 1 saturated heterocycles. The van der Waals surface area contributed by atoms with Gasteiger partial charge in [-0.1, -0.05) is 12.1 Å². The minimum atomic E-state index is -0.770. The van der Waals surface area contributed by atoms with Gasteiger partial charge < -0.3 is 14.2 Å². The number of methoxy groups -OCH3 is 1. The Morgan fingerprint density at radius 1 is 1.37 bits per heavy atom. The largest absolute Gasteiger partial charge is 0.497 e. The molecule has 1 heterocycles. The number of ether oxygens (including phenoxy) is 3. The second kappa shape index (κ2) is 6.04. The Labute approximate surface area is 110 Å². The molecule has 0 amide bonds. The zero-order chi connectivity index (χ0) is 13.7. The van der Waals surface area contributed by atoms with Crippen LogP contribution in [0.2, 0.25) is 0 Å². The third-order valence-electron chi connectivity index (χ3n) is 2.67. The summed E-state index contributed by atoms with van der Waals surface area (Å²) in [4.78, 5) is 22.6. The van der Waals surface area contributed by atoms with Crippen molar-refractivity contribution in [3.63, 3.8) is 0 Å². The van der Waals surface area contributed by atoms with Gasteiger partial charge in [0, 0.05) is 12.5 Å². The van der Waals surface area contributed by atoms with Crippen molar-refractivity contribution in [1.82, 2.24) is 0 Å². The van der Waals surface area contributed by atoms with Crippen LogP contribution in [0.4, 0.5) is 0 Å². The van der Waals surface area contributed by atoms with Crippen molar-refractivity contribution in [2.75, 3.05) is 13.7 Å². The molecule has 0 N–H and O–H groups in total. The molecule has 1 aromatic rings. The predicted octanol–water partition coefficient (Wildman–Crippen LogP) is 1.57. The normalized spacial score (nSPS) is 18.4. The van der Waals surface area contributed by atoms with Gasteiger partial charge in [-0.25, -0.2) is 9.59 Å². The molecular formula is C14H14O5. The van der Waals surface area contributed by atoms with Crippen molar-refractivity contribution >= 4 is 18.0 Å². The number of carbonyl (C=O) groups excluding carboxylic acids is 2. The van der Waals surface area contributed by atoms with Gasteiger partial charge in [0.15, 0.2) is 0 Å². The van der Waals surface area contributed by atoms with Gasteiger partial charge in [0.1, 0.15) is 5.75 Å². The van der Waals surface area contributed by atoms with Gasteiger partial charge in [-0.05, 0) is 23.8 Å². The highest BCUT2D eigenvalue weighted by atomic mass is 16.6. The second-order valence-corrected chi connectivity index (χ2v) is 3.99. The Hall–Kier alpha value is -2.30. The van der Waals surface area contributed by atoms with E-state index in [9.17, 15) is 9.59 Å². The molecule has 0 bridgehead atoms. The molecule has 5 heteroatoms. The van der Waals surface area contributed by atoms with E-state index in [0.717, 1.165) is 11.3 Å². The summed E-state index contributed by atoms with van der Waals surface area (Å²) >= 11 is 0. The van der Waals surface area contributed by atoms with Crippen molar-refractivity contribution < 1.29 is 23.8 Å². The maximum absolute atomic E-state index is 11.5. The van der Waals surface area contributed by atoms with Gasteiger partial charge in [0.05, 0.1) is 13.7 Å². The van der Waals surface area contributed by atoms with E-state index >= 15 is 0 Å². The molecule has 100 valence electrons. The molecule has 0 saturated carbocycles. The Bertz CT molecular complexity index is 489. The molecule has 5 nitrogen and oxygen atoms in total. The first-order valence-corrected chi connectivity index (χ1v) is 5.88. The number of carbonyl (C=O) groups is 2. The van der Waals surface area contributed by atoms with E-state index in [4.69, 9.17) is 14.2 Å². The van der Waals surface area contributed by atoms with Crippen LogP contribution in [0.25, 0.3) is 6.08 Å². The lowest BCUT2D eigenvalue weighted by molar-refractivity contribution is -0.156. The summed E-state index contributed by atoms with van der Waals surface area (Å²) in [6.07, 6.45) is 2.55. The Balaban J connectivity index is 1.90. The van der Waals surface area contributed by atoms with Crippen molar-refractivity contribution in [1.29, 1.82) is 0 Å². The fraction of sp³-hybridized carbons (Fsp3) is 0.286. The highest BCUT2D eigenvalue weighted by molar-refractivity contribution is 5.89. The topological polar surface area (TPSA) is 61.8 Å². The Kier molecular flexibility index (Phi) is 4.18. The van der Waals surface area contributed by atoms with Crippen LogP contribution in [0.1, 0.15) is 12.0 Å². The maximum Gasteiger partial charge on any atom is 0.347 e. The third kappa shape index (κ3) is 3.58. The molecular weight excluding hydrogens is 248 g/mol.